The van der Waals surface area contributed by atoms with Crippen LogP contribution in [0.3, 0.4) is 0 Å². The van der Waals surface area contributed by atoms with Gasteiger partial charge in [-0.3, -0.25) is 0 Å². The predicted octanol–water partition coefficient (Wildman–Crippen LogP) is 2.61. The van der Waals surface area contributed by atoms with Gasteiger partial charge in [-0.2, -0.15) is 0 Å². The number of benzene rings is 1. The van der Waals surface area contributed by atoms with E-state index in [0.717, 1.165) is 30.0 Å². The maximum atomic E-state index is 9.97. The van der Waals surface area contributed by atoms with E-state index in [4.69, 9.17) is 9.47 Å². The number of nitrogens with one attached hydrogen (secondary N) is 1. The molecule has 0 saturated carbocycles. The summed E-state index contributed by atoms with van der Waals surface area (Å²) in [5.41, 5.74) is 2.22. The van der Waals surface area contributed by atoms with Crippen molar-refractivity contribution in [1.82, 2.24) is 0 Å². The summed E-state index contributed by atoms with van der Waals surface area (Å²) < 4.78 is 11.7. The highest BCUT2D eigenvalue weighted by molar-refractivity contribution is 5.71. The Labute approximate surface area is 124 Å². The Hall–Kier alpha value is -1.68. The van der Waals surface area contributed by atoms with E-state index in [0.29, 0.717) is 12.5 Å². The summed E-state index contributed by atoms with van der Waals surface area (Å²) >= 11 is 0. The number of hydrogen-bond donors (Lipinski definition) is 2. The molecule has 0 radical (unpaired) electrons. The van der Waals surface area contributed by atoms with E-state index in [9.17, 15) is 5.11 Å². The van der Waals surface area contributed by atoms with E-state index in [1.165, 1.54) is 5.56 Å². The molecule has 0 bridgehead atoms. The minimum absolute atomic E-state index is 0.00495. The highest BCUT2D eigenvalue weighted by Gasteiger charge is 2.52. The van der Waals surface area contributed by atoms with E-state index in [2.05, 4.69) is 24.4 Å². The molecule has 3 aliphatic rings. The van der Waals surface area contributed by atoms with Crippen molar-refractivity contribution in [2.24, 2.45) is 0 Å². The van der Waals surface area contributed by atoms with Crippen LogP contribution in [0.15, 0.2) is 24.3 Å². The SMILES string of the molecule is COc1ccc2c3c1O[C@H]1C[C@@H](O)C=C[C@@]31CCC(C)N2. The Morgan fingerprint density at radius 3 is 3.10 bits per heavy atom. The van der Waals surface area contributed by atoms with Gasteiger partial charge in [-0.15, -0.1) is 0 Å². The average molecular weight is 287 g/mol. The number of rotatable bonds is 1. The van der Waals surface area contributed by atoms with Crippen molar-refractivity contribution in [2.45, 2.75) is 49.9 Å². The largest absolute Gasteiger partial charge is 0.493 e. The van der Waals surface area contributed by atoms with Crippen molar-refractivity contribution >= 4 is 5.69 Å². The van der Waals surface area contributed by atoms with Gasteiger partial charge in [0.1, 0.15) is 6.10 Å². The van der Waals surface area contributed by atoms with E-state index in [1.807, 2.05) is 12.1 Å². The topological polar surface area (TPSA) is 50.7 Å². The molecule has 4 atom stereocenters. The maximum Gasteiger partial charge on any atom is 0.167 e. The lowest BCUT2D eigenvalue weighted by molar-refractivity contribution is 0.0841. The number of anilines is 1. The second-order valence-electron chi connectivity index (χ2n) is 6.41. The molecule has 0 saturated heterocycles. The molecule has 4 nitrogen and oxygen atoms in total. The lowest BCUT2D eigenvalue weighted by atomic mass is 9.69. The van der Waals surface area contributed by atoms with Gasteiger partial charge in [0, 0.05) is 23.7 Å². The van der Waals surface area contributed by atoms with Gasteiger partial charge in [-0.25, -0.2) is 0 Å². The first-order valence-electron chi connectivity index (χ1n) is 7.66. The first kappa shape index (κ1) is 13.0. The lowest BCUT2D eigenvalue weighted by Crippen LogP contribution is -2.41. The number of aliphatic hydroxyl groups excluding tert-OH is 1. The fourth-order valence-corrected chi connectivity index (χ4v) is 4.02. The van der Waals surface area contributed by atoms with Crippen LogP contribution in [0.4, 0.5) is 5.69 Å². The molecule has 0 aromatic heterocycles. The molecule has 21 heavy (non-hydrogen) atoms. The fraction of sp³-hybridized carbons (Fsp3) is 0.529. The van der Waals surface area contributed by atoms with Crippen molar-refractivity contribution in [1.29, 1.82) is 0 Å². The Kier molecular flexibility index (Phi) is 2.73. The zero-order valence-corrected chi connectivity index (χ0v) is 12.4. The van der Waals surface area contributed by atoms with E-state index in [1.54, 1.807) is 7.11 Å². The molecule has 1 aromatic carbocycles. The van der Waals surface area contributed by atoms with Crippen molar-refractivity contribution < 1.29 is 14.6 Å². The molecule has 4 rings (SSSR count). The second kappa shape index (κ2) is 4.41. The molecule has 0 amide bonds. The molecule has 112 valence electrons. The van der Waals surface area contributed by atoms with Gasteiger partial charge < -0.3 is 19.9 Å². The van der Waals surface area contributed by atoms with Gasteiger partial charge in [-0.05, 0) is 31.9 Å². The van der Waals surface area contributed by atoms with E-state index in [-0.39, 0.29) is 11.5 Å². The minimum atomic E-state index is -0.419. The number of hydrogen-bond acceptors (Lipinski definition) is 4. The van der Waals surface area contributed by atoms with Crippen LogP contribution in [0.1, 0.15) is 31.7 Å². The number of ether oxygens (including phenoxy) is 2. The Morgan fingerprint density at radius 2 is 2.29 bits per heavy atom. The van der Waals surface area contributed by atoms with Crippen molar-refractivity contribution in [3.8, 4) is 11.5 Å². The van der Waals surface area contributed by atoms with Gasteiger partial charge in [-0.1, -0.05) is 12.2 Å². The summed E-state index contributed by atoms with van der Waals surface area (Å²) in [5, 5.41) is 13.6. The Morgan fingerprint density at radius 1 is 1.43 bits per heavy atom. The van der Waals surface area contributed by atoms with Crippen LogP contribution >= 0.6 is 0 Å². The second-order valence-corrected chi connectivity index (χ2v) is 6.41. The molecule has 1 aromatic rings. The summed E-state index contributed by atoms with van der Waals surface area (Å²) in [4.78, 5) is 0. The maximum absolute atomic E-state index is 9.97. The quantitative estimate of drug-likeness (QED) is 0.780. The standard InChI is InChI=1S/C17H21NO3/c1-10-5-7-17-8-6-11(19)9-14(17)21-16-13(20-2)4-3-12(18-10)15(16)17/h3-4,6,8,10-11,14,18-19H,5,7,9H2,1-2H3/t10?,11-,14-,17+/m0/s1. The first-order valence-corrected chi connectivity index (χ1v) is 7.66. The summed E-state index contributed by atoms with van der Waals surface area (Å²) in [6.45, 7) is 2.21. The predicted molar refractivity (Wildman–Crippen MR) is 81.2 cm³/mol. The molecule has 1 aliphatic carbocycles. The molecule has 0 fully saturated rings. The van der Waals surface area contributed by atoms with Gasteiger partial charge >= 0.3 is 0 Å². The lowest BCUT2D eigenvalue weighted by Gasteiger charge is -2.35. The molecular formula is C17H21NO3. The third kappa shape index (κ3) is 1.72. The minimum Gasteiger partial charge on any atom is -0.493 e. The first-order chi connectivity index (χ1) is 10.1. The Balaban J connectivity index is 1.95. The third-order valence-corrected chi connectivity index (χ3v) is 5.11. The van der Waals surface area contributed by atoms with Gasteiger partial charge in [0.15, 0.2) is 11.5 Å². The molecule has 2 heterocycles. The zero-order chi connectivity index (χ0) is 14.6. The van der Waals surface area contributed by atoms with Crippen LogP contribution in [-0.2, 0) is 5.41 Å². The van der Waals surface area contributed by atoms with Crippen LogP contribution in [0.2, 0.25) is 0 Å². The van der Waals surface area contributed by atoms with E-state index < -0.39 is 6.10 Å². The molecule has 2 N–H and O–H groups in total. The number of methoxy groups -OCH3 is 1. The van der Waals surface area contributed by atoms with Crippen molar-refractivity contribution in [3.05, 3.63) is 29.8 Å². The van der Waals surface area contributed by atoms with Crippen molar-refractivity contribution in [2.75, 3.05) is 12.4 Å². The summed E-state index contributed by atoms with van der Waals surface area (Å²) in [6, 6.07) is 4.49. The van der Waals surface area contributed by atoms with Crippen LogP contribution in [0, 0.1) is 0 Å². The highest BCUT2D eigenvalue weighted by Crippen LogP contribution is 2.57. The fourth-order valence-electron chi connectivity index (χ4n) is 4.02. The summed E-state index contributed by atoms with van der Waals surface area (Å²) in [5.74, 6) is 1.63. The summed E-state index contributed by atoms with van der Waals surface area (Å²) in [6.07, 6.45) is 6.42. The van der Waals surface area contributed by atoms with Crippen LogP contribution in [-0.4, -0.2) is 30.5 Å². The van der Waals surface area contributed by atoms with Gasteiger partial charge in [0.05, 0.1) is 18.6 Å². The normalized spacial score (nSPS) is 36.0. The zero-order valence-electron chi connectivity index (χ0n) is 12.4. The molecule has 4 heteroatoms. The molecule has 2 aliphatic heterocycles. The monoisotopic (exact) mass is 287 g/mol. The van der Waals surface area contributed by atoms with Crippen LogP contribution < -0.4 is 14.8 Å². The van der Waals surface area contributed by atoms with Gasteiger partial charge in [0.25, 0.3) is 0 Å². The van der Waals surface area contributed by atoms with Crippen molar-refractivity contribution in [3.63, 3.8) is 0 Å². The van der Waals surface area contributed by atoms with Crippen LogP contribution in [0.25, 0.3) is 0 Å². The van der Waals surface area contributed by atoms with Crippen LogP contribution in [0.5, 0.6) is 11.5 Å². The number of aliphatic hydroxyl groups is 1. The third-order valence-electron chi connectivity index (χ3n) is 5.11. The molecule has 1 unspecified atom stereocenters. The average Bonchev–Trinajstić information content (AvgIpc) is 2.72. The van der Waals surface area contributed by atoms with Gasteiger partial charge in [0.2, 0.25) is 0 Å². The molecule has 1 spiro atoms. The Bertz CT molecular complexity index is 612. The highest BCUT2D eigenvalue weighted by atomic mass is 16.5. The summed E-state index contributed by atoms with van der Waals surface area (Å²) in [7, 11) is 1.67. The molecular weight excluding hydrogens is 266 g/mol. The van der Waals surface area contributed by atoms with E-state index >= 15 is 0 Å². The smallest absolute Gasteiger partial charge is 0.167 e.